The third kappa shape index (κ3) is 6.91. The van der Waals surface area contributed by atoms with Gasteiger partial charge in [-0.15, -0.1) is 11.6 Å². The topological polar surface area (TPSA) is 182 Å². The molecule has 0 bridgehead atoms. The highest BCUT2D eigenvalue weighted by Crippen LogP contribution is 2.48. The lowest BCUT2D eigenvalue weighted by molar-refractivity contribution is -0.149. The van der Waals surface area contributed by atoms with Gasteiger partial charge in [0.05, 0.1) is 25.6 Å². The van der Waals surface area contributed by atoms with Crippen LogP contribution in [0.5, 0.6) is 11.6 Å². The van der Waals surface area contributed by atoms with Crippen LogP contribution in [0.15, 0.2) is 36.7 Å². The first-order chi connectivity index (χ1) is 19.3. The number of nitrogens with one attached hydrogen (secondary N) is 1. The number of nitrogens with zero attached hydrogens (tertiary/aromatic N) is 4. The van der Waals surface area contributed by atoms with E-state index in [9.17, 15) is 14.5 Å². The molecule has 4 rings (SSSR count). The Kier molecular flexibility index (Phi) is 9.42. The number of carbonyl (C=O) groups excluding carboxylic acids is 1. The predicted molar refractivity (Wildman–Crippen MR) is 150 cm³/mol. The van der Waals surface area contributed by atoms with Gasteiger partial charge in [-0.2, -0.15) is 15.1 Å². The van der Waals surface area contributed by atoms with E-state index in [2.05, 4.69) is 20.0 Å². The van der Waals surface area contributed by atoms with Gasteiger partial charge >= 0.3 is 13.7 Å². The number of carbonyl (C=O) groups is 1. The molecule has 4 N–H and O–H groups in total. The molecule has 1 saturated heterocycles. The Hall–Kier alpha value is -3.00. The number of aliphatic hydroxyl groups excluding tert-OH is 1. The third-order valence-corrected chi connectivity index (χ3v) is 8.15. The number of nitrogen functional groups attached to an aromatic ring is 1. The van der Waals surface area contributed by atoms with Gasteiger partial charge in [-0.05, 0) is 46.8 Å². The van der Waals surface area contributed by atoms with Gasteiger partial charge < -0.3 is 29.6 Å². The predicted octanol–water partition coefficient (Wildman–Crippen LogP) is 3.20. The van der Waals surface area contributed by atoms with Gasteiger partial charge in [-0.3, -0.25) is 13.9 Å². The van der Waals surface area contributed by atoms with Gasteiger partial charge in [0.15, 0.2) is 17.4 Å². The van der Waals surface area contributed by atoms with Crippen molar-refractivity contribution in [2.45, 2.75) is 70.1 Å². The molecular weight excluding hydrogens is 579 g/mol. The van der Waals surface area contributed by atoms with Crippen LogP contribution in [0, 0.1) is 0 Å². The van der Waals surface area contributed by atoms with Gasteiger partial charge in [0.1, 0.15) is 28.9 Å². The molecule has 0 spiro atoms. The normalized spacial score (nSPS) is 24.7. The molecule has 1 aliphatic heterocycles. The molecule has 2 aromatic heterocycles. The fourth-order valence-corrected chi connectivity index (χ4v) is 5.97. The summed E-state index contributed by atoms with van der Waals surface area (Å²) in [6.07, 6.45) is -2.32. The molecule has 1 aromatic carbocycles. The van der Waals surface area contributed by atoms with Crippen molar-refractivity contribution in [3.63, 3.8) is 0 Å². The minimum atomic E-state index is -4.21. The first kappa shape index (κ1) is 30.9. The summed E-state index contributed by atoms with van der Waals surface area (Å²) < 4.78 is 43.6. The number of hydrogen-bond acceptors (Lipinski definition) is 12. The summed E-state index contributed by atoms with van der Waals surface area (Å²) in [7, 11) is -4.21. The van der Waals surface area contributed by atoms with Gasteiger partial charge in [0.2, 0.25) is 11.8 Å². The Bertz CT molecular complexity index is 1410. The van der Waals surface area contributed by atoms with Crippen LogP contribution in [0.2, 0.25) is 0 Å². The number of nitrogens with two attached hydrogens (primary N) is 1. The largest absolute Gasteiger partial charge is 0.476 e. The third-order valence-electron chi connectivity index (χ3n) is 6.09. The molecule has 0 saturated carbocycles. The SMILES string of the molecule is CCOc1nc(N)nc2c1ncn2[C@@H]1O[C@H](COP(=O)(NC(C)C(=O)OC(C)C)Oc2ccccc2)[C@@H](O)[C@@]1(C)Cl. The summed E-state index contributed by atoms with van der Waals surface area (Å²) in [5, 5.41) is 13.7. The second kappa shape index (κ2) is 12.5. The van der Waals surface area contributed by atoms with E-state index in [0.717, 1.165) is 0 Å². The van der Waals surface area contributed by atoms with E-state index in [-0.39, 0.29) is 29.3 Å². The molecule has 1 aliphatic rings. The molecule has 3 heterocycles. The average Bonchev–Trinajstić information content (AvgIpc) is 3.41. The van der Waals surface area contributed by atoms with Crippen molar-refractivity contribution in [1.82, 2.24) is 24.6 Å². The summed E-state index contributed by atoms with van der Waals surface area (Å²) in [6, 6.07) is 7.24. The summed E-state index contributed by atoms with van der Waals surface area (Å²) >= 11 is 6.80. The second-order valence-electron chi connectivity index (χ2n) is 9.80. The van der Waals surface area contributed by atoms with Crippen LogP contribution in [0.1, 0.15) is 40.8 Å². The number of hydrogen-bond donors (Lipinski definition) is 3. The molecule has 41 heavy (non-hydrogen) atoms. The highest BCUT2D eigenvalue weighted by Gasteiger charge is 2.54. The number of ether oxygens (including phenoxy) is 3. The molecule has 3 aromatic rings. The number of benzene rings is 1. The number of fused-ring (bicyclic) bond motifs is 1. The first-order valence-electron chi connectivity index (χ1n) is 13.0. The zero-order chi connectivity index (χ0) is 29.9. The van der Waals surface area contributed by atoms with E-state index in [1.807, 2.05) is 0 Å². The maximum Gasteiger partial charge on any atom is 0.459 e. The maximum absolute atomic E-state index is 13.8. The summed E-state index contributed by atoms with van der Waals surface area (Å²) in [5.74, 6) is -0.273. The van der Waals surface area contributed by atoms with Crippen LogP contribution in [0.25, 0.3) is 11.2 Å². The molecule has 0 aliphatic carbocycles. The number of imidazole rings is 1. The van der Waals surface area contributed by atoms with E-state index in [0.29, 0.717) is 12.1 Å². The van der Waals surface area contributed by atoms with E-state index in [1.165, 1.54) is 17.8 Å². The Labute approximate surface area is 242 Å². The van der Waals surface area contributed by atoms with Crippen molar-refractivity contribution in [2.75, 3.05) is 18.9 Å². The molecule has 1 fully saturated rings. The van der Waals surface area contributed by atoms with Crippen molar-refractivity contribution in [2.24, 2.45) is 0 Å². The highest BCUT2D eigenvalue weighted by atomic mass is 35.5. The van der Waals surface area contributed by atoms with Crippen LogP contribution in [0.4, 0.5) is 5.95 Å². The molecule has 2 unspecified atom stereocenters. The minimum Gasteiger partial charge on any atom is -0.476 e. The van der Waals surface area contributed by atoms with Crippen LogP contribution in [-0.2, 0) is 23.4 Å². The van der Waals surface area contributed by atoms with E-state index in [4.69, 9.17) is 40.6 Å². The first-order valence-corrected chi connectivity index (χ1v) is 14.9. The standard InChI is InChI=1S/C25H34ClN6O8P/c1-6-36-21-18-20(29-24(27)30-21)32(13-28-18)23-25(5,26)19(33)17(39-23)12-37-41(35,40-16-10-8-7-9-11-16)31-15(4)22(34)38-14(2)3/h7-11,13-15,17,19,23,33H,6,12H2,1-5H3,(H,31,35)(H2,27,29,30)/t15?,17-,19-,23-,25-,41?/m1/s1. The summed E-state index contributed by atoms with van der Waals surface area (Å²) in [6.45, 7) is 8.14. The Morgan fingerprint density at radius 2 is 2.00 bits per heavy atom. The van der Waals surface area contributed by atoms with Crippen molar-refractivity contribution in [3.8, 4) is 11.6 Å². The van der Waals surface area contributed by atoms with Crippen LogP contribution < -0.4 is 20.1 Å². The number of alkyl halides is 1. The minimum absolute atomic E-state index is 0.0485. The highest BCUT2D eigenvalue weighted by molar-refractivity contribution is 7.52. The van der Waals surface area contributed by atoms with Crippen molar-refractivity contribution >= 4 is 42.4 Å². The number of para-hydroxylation sites is 1. The Balaban J connectivity index is 1.56. The molecule has 224 valence electrons. The van der Waals surface area contributed by atoms with Crippen molar-refractivity contribution in [3.05, 3.63) is 36.7 Å². The van der Waals surface area contributed by atoms with Gasteiger partial charge in [0, 0.05) is 0 Å². The van der Waals surface area contributed by atoms with Crippen LogP contribution >= 0.6 is 19.3 Å². The summed E-state index contributed by atoms with van der Waals surface area (Å²) in [4.78, 5) is 23.7. The molecule has 14 nitrogen and oxygen atoms in total. The Morgan fingerprint density at radius 3 is 2.66 bits per heavy atom. The van der Waals surface area contributed by atoms with Crippen LogP contribution in [0.3, 0.4) is 0 Å². The zero-order valence-electron chi connectivity index (χ0n) is 23.3. The molecular formula is C25H34ClN6O8P. The smallest absolute Gasteiger partial charge is 0.459 e. The van der Waals surface area contributed by atoms with Crippen molar-refractivity contribution in [1.29, 1.82) is 0 Å². The molecule has 0 amide bonds. The number of halogens is 1. The lowest BCUT2D eigenvalue weighted by atomic mass is 10.0. The fraction of sp³-hybridized carbons (Fsp3) is 0.520. The monoisotopic (exact) mass is 612 g/mol. The van der Waals surface area contributed by atoms with E-state index < -0.39 is 49.7 Å². The number of rotatable bonds is 12. The van der Waals surface area contributed by atoms with Crippen molar-refractivity contribution < 1.29 is 37.7 Å². The van der Waals surface area contributed by atoms with Gasteiger partial charge in [0.25, 0.3) is 0 Å². The van der Waals surface area contributed by atoms with Gasteiger partial charge in [-0.25, -0.2) is 9.55 Å². The Morgan fingerprint density at radius 1 is 1.29 bits per heavy atom. The fourth-order valence-electron chi connectivity index (χ4n) is 4.17. The summed E-state index contributed by atoms with van der Waals surface area (Å²) in [5.41, 5.74) is 6.49. The quantitative estimate of drug-likeness (QED) is 0.154. The maximum atomic E-state index is 13.8. The van der Waals surface area contributed by atoms with E-state index >= 15 is 0 Å². The molecule has 16 heteroatoms. The molecule has 0 radical (unpaired) electrons. The zero-order valence-corrected chi connectivity index (χ0v) is 24.9. The number of aromatic nitrogens is 4. The molecule has 6 atom stereocenters. The van der Waals surface area contributed by atoms with E-state index in [1.54, 1.807) is 58.0 Å². The second-order valence-corrected chi connectivity index (χ2v) is 12.3. The lowest BCUT2D eigenvalue weighted by Gasteiger charge is -2.26. The van der Waals surface area contributed by atoms with Gasteiger partial charge in [-0.1, -0.05) is 18.2 Å². The van der Waals surface area contributed by atoms with Crippen LogP contribution in [-0.4, -0.2) is 73.0 Å². The number of esters is 1. The number of anilines is 1. The lowest BCUT2D eigenvalue weighted by Crippen LogP contribution is -2.40. The average molecular weight is 613 g/mol. The number of aliphatic hydroxyl groups is 1.